The summed E-state index contributed by atoms with van der Waals surface area (Å²) in [5.41, 5.74) is 0.0527. The van der Waals surface area contributed by atoms with Gasteiger partial charge in [0.05, 0.1) is 18.7 Å². The van der Waals surface area contributed by atoms with Crippen LogP contribution in [0.1, 0.15) is 16.8 Å². The minimum atomic E-state index is -0.430. The Hall–Kier alpha value is -1.75. The number of carbonyl (C=O) groups is 1. The fourth-order valence-electron chi connectivity index (χ4n) is 1.45. The summed E-state index contributed by atoms with van der Waals surface area (Å²) in [7, 11) is 0. The molecule has 1 amide bonds. The van der Waals surface area contributed by atoms with Crippen LogP contribution >= 0.6 is 0 Å². The first-order chi connectivity index (χ1) is 7.20. The molecule has 1 saturated heterocycles. The first-order valence-corrected chi connectivity index (χ1v) is 4.66. The van der Waals surface area contributed by atoms with Crippen molar-refractivity contribution in [2.45, 2.75) is 6.42 Å². The number of benzene rings is 1. The van der Waals surface area contributed by atoms with Gasteiger partial charge in [-0.05, 0) is 18.6 Å². The first-order valence-electron chi connectivity index (χ1n) is 4.66. The summed E-state index contributed by atoms with van der Waals surface area (Å²) in [6.07, 6.45) is 0.783. The van der Waals surface area contributed by atoms with Crippen molar-refractivity contribution in [3.05, 3.63) is 23.8 Å². The van der Waals surface area contributed by atoms with Crippen molar-refractivity contribution in [3.63, 3.8) is 0 Å². The second-order valence-electron chi connectivity index (χ2n) is 3.27. The highest BCUT2D eigenvalue weighted by molar-refractivity contribution is 5.97. The molecular weight excluding hydrogens is 198 g/mol. The molecule has 0 spiro atoms. The van der Waals surface area contributed by atoms with Gasteiger partial charge in [-0.1, -0.05) is 6.07 Å². The molecule has 0 aliphatic carbocycles. The van der Waals surface area contributed by atoms with Crippen LogP contribution in [0.5, 0.6) is 11.5 Å². The fraction of sp³-hybridized carbons (Fsp3) is 0.300. The van der Waals surface area contributed by atoms with E-state index in [1.807, 2.05) is 0 Å². The summed E-state index contributed by atoms with van der Waals surface area (Å²) in [4.78, 5) is 16.8. The van der Waals surface area contributed by atoms with Gasteiger partial charge in [-0.3, -0.25) is 9.63 Å². The molecule has 1 fully saturated rings. The Morgan fingerprint density at radius 1 is 1.40 bits per heavy atom. The normalized spacial score (nSPS) is 15.6. The summed E-state index contributed by atoms with van der Waals surface area (Å²) in [5, 5.41) is 19.9. The number of rotatable bonds is 1. The van der Waals surface area contributed by atoms with Crippen LogP contribution in [0.2, 0.25) is 0 Å². The van der Waals surface area contributed by atoms with E-state index in [0.717, 1.165) is 6.42 Å². The quantitative estimate of drug-likeness (QED) is 0.673. The van der Waals surface area contributed by atoms with Gasteiger partial charge >= 0.3 is 0 Å². The molecule has 0 radical (unpaired) electrons. The number of nitrogens with zero attached hydrogens (tertiary/aromatic N) is 1. The molecule has 80 valence electrons. The lowest BCUT2D eigenvalue weighted by Gasteiger charge is -2.14. The van der Waals surface area contributed by atoms with Gasteiger partial charge in [0, 0.05) is 0 Å². The fourth-order valence-corrected chi connectivity index (χ4v) is 1.45. The Bertz CT molecular complexity index is 385. The second-order valence-corrected chi connectivity index (χ2v) is 3.27. The summed E-state index contributed by atoms with van der Waals surface area (Å²) in [5.74, 6) is -1.14. The maximum Gasteiger partial charge on any atom is 0.281 e. The van der Waals surface area contributed by atoms with Gasteiger partial charge in [-0.2, -0.15) is 0 Å². The Kier molecular flexibility index (Phi) is 2.47. The topological polar surface area (TPSA) is 70.0 Å². The minimum absolute atomic E-state index is 0.0527. The summed E-state index contributed by atoms with van der Waals surface area (Å²) in [6.45, 7) is 1.01. The third kappa shape index (κ3) is 1.73. The molecule has 0 bridgehead atoms. The zero-order valence-electron chi connectivity index (χ0n) is 8.01. The predicted octanol–water partition coefficient (Wildman–Crippen LogP) is 0.875. The van der Waals surface area contributed by atoms with Gasteiger partial charge in [0.25, 0.3) is 5.91 Å². The van der Waals surface area contributed by atoms with Crippen LogP contribution < -0.4 is 0 Å². The van der Waals surface area contributed by atoms with E-state index < -0.39 is 11.7 Å². The van der Waals surface area contributed by atoms with Crippen LogP contribution in [-0.4, -0.2) is 34.3 Å². The number of hydrogen-bond acceptors (Lipinski definition) is 4. The summed E-state index contributed by atoms with van der Waals surface area (Å²) in [6, 6.07) is 4.26. The van der Waals surface area contributed by atoms with Crippen molar-refractivity contribution >= 4 is 5.91 Å². The van der Waals surface area contributed by atoms with E-state index in [2.05, 4.69) is 0 Å². The number of amides is 1. The van der Waals surface area contributed by atoms with Crippen molar-refractivity contribution < 1.29 is 19.8 Å². The lowest BCUT2D eigenvalue weighted by atomic mass is 10.1. The Balaban J connectivity index is 2.28. The molecule has 0 aromatic heterocycles. The van der Waals surface area contributed by atoms with E-state index in [1.54, 1.807) is 0 Å². The van der Waals surface area contributed by atoms with E-state index in [-0.39, 0.29) is 11.3 Å². The molecule has 0 atom stereocenters. The number of phenols is 2. The number of carbonyl (C=O) groups excluding carboxylic acids is 1. The largest absolute Gasteiger partial charge is 0.504 e. The SMILES string of the molecule is O=C(c1cccc(O)c1O)N1CCCO1. The van der Waals surface area contributed by atoms with Crippen LogP contribution in [0, 0.1) is 0 Å². The third-order valence-corrected chi connectivity index (χ3v) is 2.22. The molecular formula is C10H11NO4. The number of phenolic OH excluding ortho intramolecular Hbond substituents is 2. The van der Waals surface area contributed by atoms with Gasteiger partial charge in [0.2, 0.25) is 0 Å². The lowest BCUT2D eigenvalue weighted by Crippen LogP contribution is -2.26. The molecule has 1 aromatic carbocycles. The van der Waals surface area contributed by atoms with Crippen molar-refractivity contribution in [2.75, 3.05) is 13.2 Å². The maximum atomic E-state index is 11.7. The zero-order chi connectivity index (χ0) is 10.8. The molecule has 5 heteroatoms. The van der Waals surface area contributed by atoms with Gasteiger partial charge < -0.3 is 10.2 Å². The second kappa shape index (κ2) is 3.78. The molecule has 2 N–H and O–H groups in total. The number of hydroxylamine groups is 2. The van der Waals surface area contributed by atoms with Crippen LogP contribution in [0.4, 0.5) is 0 Å². The van der Waals surface area contributed by atoms with Crippen molar-refractivity contribution in [1.29, 1.82) is 0 Å². The van der Waals surface area contributed by atoms with E-state index in [9.17, 15) is 15.0 Å². The van der Waals surface area contributed by atoms with Gasteiger partial charge in [0.15, 0.2) is 11.5 Å². The summed E-state index contributed by atoms with van der Waals surface area (Å²) < 4.78 is 0. The maximum absolute atomic E-state index is 11.7. The standard InChI is InChI=1S/C10H11NO4/c12-8-4-1-3-7(9(8)13)10(14)11-5-2-6-15-11/h1,3-4,12-13H,2,5-6H2. The van der Waals surface area contributed by atoms with E-state index in [1.165, 1.54) is 23.3 Å². The molecule has 1 aromatic rings. The van der Waals surface area contributed by atoms with Gasteiger partial charge in [-0.25, -0.2) is 5.06 Å². The summed E-state index contributed by atoms with van der Waals surface area (Å²) >= 11 is 0. The molecule has 2 rings (SSSR count). The molecule has 1 aliphatic rings. The first kappa shape index (κ1) is 9.79. The highest BCUT2D eigenvalue weighted by Crippen LogP contribution is 2.29. The molecule has 1 aliphatic heterocycles. The molecule has 0 saturated carbocycles. The lowest BCUT2D eigenvalue weighted by molar-refractivity contribution is -0.0769. The molecule has 15 heavy (non-hydrogen) atoms. The van der Waals surface area contributed by atoms with Crippen LogP contribution in [0.3, 0.4) is 0 Å². The third-order valence-electron chi connectivity index (χ3n) is 2.22. The Morgan fingerprint density at radius 3 is 2.87 bits per heavy atom. The molecule has 1 heterocycles. The highest BCUT2D eigenvalue weighted by Gasteiger charge is 2.24. The Morgan fingerprint density at radius 2 is 2.20 bits per heavy atom. The van der Waals surface area contributed by atoms with Gasteiger partial charge in [0.1, 0.15) is 0 Å². The van der Waals surface area contributed by atoms with Crippen LogP contribution in [-0.2, 0) is 4.84 Å². The van der Waals surface area contributed by atoms with Crippen molar-refractivity contribution in [1.82, 2.24) is 5.06 Å². The highest BCUT2D eigenvalue weighted by atomic mass is 16.7. The van der Waals surface area contributed by atoms with E-state index in [0.29, 0.717) is 13.2 Å². The van der Waals surface area contributed by atoms with Gasteiger partial charge in [-0.15, -0.1) is 0 Å². The van der Waals surface area contributed by atoms with Crippen LogP contribution in [0.15, 0.2) is 18.2 Å². The number of para-hydroxylation sites is 1. The smallest absolute Gasteiger partial charge is 0.281 e. The number of hydrogen-bond donors (Lipinski definition) is 2. The van der Waals surface area contributed by atoms with Crippen molar-refractivity contribution in [3.8, 4) is 11.5 Å². The monoisotopic (exact) mass is 209 g/mol. The van der Waals surface area contributed by atoms with E-state index >= 15 is 0 Å². The Labute approximate surface area is 86.5 Å². The van der Waals surface area contributed by atoms with Crippen molar-refractivity contribution in [2.24, 2.45) is 0 Å². The predicted molar refractivity (Wildman–Crippen MR) is 51.4 cm³/mol. The average molecular weight is 209 g/mol. The molecule has 0 unspecified atom stereocenters. The van der Waals surface area contributed by atoms with Crippen LogP contribution in [0.25, 0.3) is 0 Å². The molecule has 5 nitrogen and oxygen atoms in total. The minimum Gasteiger partial charge on any atom is -0.504 e. The number of aromatic hydroxyl groups is 2. The zero-order valence-corrected chi connectivity index (χ0v) is 8.01. The van der Waals surface area contributed by atoms with E-state index in [4.69, 9.17) is 4.84 Å². The average Bonchev–Trinajstić information content (AvgIpc) is 2.74.